The van der Waals surface area contributed by atoms with E-state index in [2.05, 4.69) is 5.32 Å². The number of hydrogen-bond donors (Lipinski definition) is 2. The van der Waals surface area contributed by atoms with Gasteiger partial charge in [0.2, 0.25) is 0 Å². The van der Waals surface area contributed by atoms with Crippen LogP contribution in [0.5, 0.6) is 0 Å². The van der Waals surface area contributed by atoms with Crippen LogP contribution >= 0.6 is 23.8 Å². The Kier molecular flexibility index (Phi) is 3.97. The highest BCUT2D eigenvalue weighted by atomic mass is 35.5. The van der Waals surface area contributed by atoms with Gasteiger partial charge >= 0.3 is 0 Å². The van der Waals surface area contributed by atoms with E-state index in [0.29, 0.717) is 11.3 Å². The lowest BCUT2D eigenvalue weighted by Crippen LogP contribution is -2.09. The average Bonchev–Trinajstić information content (AvgIpc) is 2.34. The molecule has 3 N–H and O–H groups in total. The fraction of sp³-hybridized carbons (Fsp3) is 0. The fourth-order valence-corrected chi connectivity index (χ4v) is 1.85. The standard InChI is InChI=1S/C13H9ClF2N2S/c14-9-6-8(15)2-4-11(9)18-12-3-1-7(13(17)19)5-10(12)16/h1-6,18H,(H2,17,19). The Morgan fingerprint density at radius 3 is 2.37 bits per heavy atom. The van der Waals surface area contributed by atoms with Crippen molar-refractivity contribution in [2.24, 2.45) is 5.73 Å². The zero-order valence-electron chi connectivity index (χ0n) is 9.58. The van der Waals surface area contributed by atoms with Crippen molar-refractivity contribution < 1.29 is 8.78 Å². The van der Waals surface area contributed by atoms with E-state index in [0.717, 1.165) is 6.07 Å². The van der Waals surface area contributed by atoms with Gasteiger partial charge in [-0.25, -0.2) is 8.78 Å². The molecule has 0 aliphatic heterocycles. The Morgan fingerprint density at radius 1 is 1.11 bits per heavy atom. The number of benzene rings is 2. The van der Waals surface area contributed by atoms with E-state index in [-0.39, 0.29) is 15.7 Å². The molecule has 0 aliphatic carbocycles. The molecule has 0 amide bonds. The summed E-state index contributed by atoms with van der Waals surface area (Å²) in [5, 5.41) is 2.94. The largest absolute Gasteiger partial charge is 0.389 e. The smallest absolute Gasteiger partial charge is 0.147 e. The summed E-state index contributed by atoms with van der Waals surface area (Å²) in [6, 6.07) is 8.11. The molecular weight excluding hydrogens is 290 g/mol. The van der Waals surface area contributed by atoms with Crippen LogP contribution in [0.1, 0.15) is 5.56 Å². The van der Waals surface area contributed by atoms with E-state index in [9.17, 15) is 8.78 Å². The van der Waals surface area contributed by atoms with Gasteiger partial charge in [-0.15, -0.1) is 0 Å². The van der Waals surface area contributed by atoms with Crippen LogP contribution in [-0.2, 0) is 0 Å². The second-order valence-corrected chi connectivity index (χ2v) is 4.66. The SMILES string of the molecule is NC(=S)c1ccc(Nc2ccc(F)cc2Cl)c(F)c1. The highest BCUT2D eigenvalue weighted by Gasteiger charge is 2.08. The van der Waals surface area contributed by atoms with Crippen molar-refractivity contribution in [2.45, 2.75) is 0 Å². The molecule has 2 nitrogen and oxygen atoms in total. The maximum Gasteiger partial charge on any atom is 0.147 e. The van der Waals surface area contributed by atoms with Gasteiger partial charge in [0.05, 0.1) is 16.4 Å². The summed E-state index contributed by atoms with van der Waals surface area (Å²) >= 11 is 10.6. The summed E-state index contributed by atoms with van der Waals surface area (Å²) < 4.78 is 26.7. The molecule has 98 valence electrons. The van der Waals surface area contributed by atoms with Gasteiger partial charge in [-0.1, -0.05) is 23.8 Å². The zero-order valence-corrected chi connectivity index (χ0v) is 11.2. The molecule has 19 heavy (non-hydrogen) atoms. The molecule has 0 aromatic heterocycles. The van der Waals surface area contributed by atoms with Crippen LogP contribution in [0.25, 0.3) is 0 Å². The number of rotatable bonds is 3. The predicted octanol–water partition coefficient (Wildman–Crippen LogP) is 4.00. The lowest BCUT2D eigenvalue weighted by Gasteiger charge is -2.10. The predicted molar refractivity (Wildman–Crippen MR) is 77.0 cm³/mol. The Morgan fingerprint density at radius 2 is 1.79 bits per heavy atom. The average molecular weight is 299 g/mol. The molecule has 0 saturated heterocycles. The molecule has 0 spiro atoms. The van der Waals surface area contributed by atoms with Crippen molar-refractivity contribution in [1.29, 1.82) is 0 Å². The maximum atomic E-state index is 13.8. The fourth-order valence-electron chi connectivity index (χ4n) is 1.51. The van der Waals surface area contributed by atoms with Gasteiger partial charge in [0.15, 0.2) is 0 Å². The minimum Gasteiger partial charge on any atom is -0.389 e. The van der Waals surface area contributed by atoms with Crippen LogP contribution in [0.4, 0.5) is 20.2 Å². The Hall–Kier alpha value is -1.72. The van der Waals surface area contributed by atoms with Crippen LogP contribution in [0.3, 0.4) is 0 Å². The van der Waals surface area contributed by atoms with Gasteiger partial charge in [-0.05, 0) is 36.4 Å². The van der Waals surface area contributed by atoms with Gasteiger partial charge in [-0.2, -0.15) is 0 Å². The topological polar surface area (TPSA) is 38.0 Å². The van der Waals surface area contributed by atoms with Gasteiger partial charge in [0, 0.05) is 5.56 Å². The molecule has 0 fully saturated rings. The van der Waals surface area contributed by atoms with Crippen LogP contribution < -0.4 is 11.1 Å². The van der Waals surface area contributed by atoms with Crippen LogP contribution in [0, 0.1) is 11.6 Å². The first-order valence-electron chi connectivity index (χ1n) is 5.29. The lowest BCUT2D eigenvalue weighted by atomic mass is 10.2. The number of thiocarbonyl (C=S) groups is 1. The monoisotopic (exact) mass is 298 g/mol. The molecule has 2 aromatic rings. The summed E-state index contributed by atoms with van der Waals surface area (Å²) in [4.78, 5) is 0.116. The second kappa shape index (κ2) is 5.50. The van der Waals surface area contributed by atoms with Crippen molar-refractivity contribution in [3.05, 3.63) is 58.6 Å². The minimum absolute atomic E-state index is 0.116. The first-order chi connectivity index (χ1) is 8.97. The molecular formula is C13H9ClF2N2S. The van der Waals surface area contributed by atoms with E-state index in [1.54, 1.807) is 6.07 Å². The molecule has 0 bridgehead atoms. The Balaban J connectivity index is 2.31. The summed E-state index contributed by atoms with van der Waals surface area (Å²) in [5.74, 6) is -0.981. The molecule has 0 aliphatic rings. The number of nitrogens with one attached hydrogen (secondary N) is 1. The van der Waals surface area contributed by atoms with Crippen molar-refractivity contribution in [2.75, 3.05) is 5.32 Å². The first-order valence-corrected chi connectivity index (χ1v) is 6.07. The Labute approximate surface area is 119 Å². The number of halogens is 3. The molecule has 0 unspecified atom stereocenters. The molecule has 6 heteroatoms. The maximum absolute atomic E-state index is 13.8. The van der Waals surface area contributed by atoms with E-state index >= 15 is 0 Å². The van der Waals surface area contributed by atoms with Crippen molar-refractivity contribution in [3.63, 3.8) is 0 Å². The van der Waals surface area contributed by atoms with E-state index in [1.807, 2.05) is 0 Å². The lowest BCUT2D eigenvalue weighted by molar-refractivity contribution is 0.628. The molecule has 0 heterocycles. The quantitative estimate of drug-likeness (QED) is 0.841. The second-order valence-electron chi connectivity index (χ2n) is 3.81. The Bertz CT molecular complexity index is 647. The van der Waals surface area contributed by atoms with Crippen molar-refractivity contribution >= 4 is 40.2 Å². The van der Waals surface area contributed by atoms with E-state index in [4.69, 9.17) is 29.6 Å². The minimum atomic E-state index is -0.523. The summed E-state index contributed by atoms with van der Waals surface area (Å²) in [5.41, 5.74) is 6.45. The summed E-state index contributed by atoms with van der Waals surface area (Å²) in [7, 11) is 0. The number of anilines is 2. The zero-order chi connectivity index (χ0) is 14.0. The molecule has 2 rings (SSSR count). The number of nitrogens with two attached hydrogens (primary N) is 1. The molecule has 0 saturated carbocycles. The summed E-state index contributed by atoms with van der Waals surface area (Å²) in [6.07, 6.45) is 0. The van der Waals surface area contributed by atoms with Gasteiger partial charge in [-0.3, -0.25) is 0 Å². The van der Waals surface area contributed by atoms with Gasteiger partial charge in [0.25, 0.3) is 0 Å². The highest BCUT2D eigenvalue weighted by molar-refractivity contribution is 7.80. The van der Waals surface area contributed by atoms with E-state index in [1.165, 1.54) is 24.3 Å². The first kappa shape index (κ1) is 13.7. The van der Waals surface area contributed by atoms with Gasteiger partial charge in [0.1, 0.15) is 16.6 Å². The van der Waals surface area contributed by atoms with Crippen molar-refractivity contribution in [3.8, 4) is 0 Å². The molecule has 0 radical (unpaired) electrons. The summed E-state index contributed by atoms with van der Waals surface area (Å²) in [6.45, 7) is 0. The third-order valence-corrected chi connectivity index (χ3v) is 3.00. The third kappa shape index (κ3) is 3.19. The van der Waals surface area contributed by atoms with Gasteiger partial charge < -0.3 is 11.1 Å². The normalized spacial score (nSPS) is 10.3. The van der Waals surface area contributed by atoms with Crippen LogP contribution in [-0.4, -0.2) is 4.99 Å². The molecule has 0 atom stereocenters. The van der Waals surface area contributed by atoms with Crippen LogP contribution in [0.15, 0.2) is 36.4 Å². The highest BCUT2D eigenvalue weighted by Crippen LogP contribution is 2.27. The van der Waals surface area contributed by atoms with E-state index < -0.39 is 11.6 Å². The third-order valence-electron chi connectivity index (χ3n) is 2.45. The number of hydrogen-bond acceptors (Lipinski definition) is 2. The van der Waals surface area contributed by atoms with Crippen LogP contribution in [0.2, 0.25) is 5.02 Å². The van der Waals surface area contributed by atoms with Crippen molar-refractivity contribution in [1.82, 2.24) is 0 Å². The molecule has 2 aromatic carbocycles.